The van der Waals surface area contributed by atoms with Gasteiger partial charge in [0.2, 0.25) is 0 Å². The van der Waals surface area contributed by atoms with Crippen molar-refractivity contribution in [1.82, 2.24) is 5.32 Å². The molecule has 0 aliphatic rings. The van der Waals surface area contributed by atoms with Crippen LogP contribution in [0.5, 0.6) is 0 Å². The van der Waals surface area contributed by atoms with Crippen LogP contribution in [0.3, 0.4) is 0 Å². The monoisotopic (exact) mass is 147 g/mol. The highest BCUT2D eigenvalue weighted by Crippen LogP contribution is 2.01. The van der Waals surface area contributed by atoms with Gasteiger partial charge in [0.1, 0.15) is 0 Å². The molecule has 0 aromatic carbocycles. The van der Waals surface area contributed by atoms with Gasteiger partial charge in [-0.05, 0) is 20.0 Å². The third-order valence-electron chi connectivity index (χ3n) is 0.876. The molecule has 0 fully saturated rings. The summed E-state index contributed by atoms with van der Waals surface area (Å²) in [4.78, 5) is 10.3. The molecule has 9 heavy (non-hydrogen) atoms. The van der Waals surface area contributed by atoms with E-state index in [1.165, 1.54) is 11.8 Å². The van der Waals surface area contributed by atoms with Gasteiger partial charge in [-0.25, -0.2) is 0 Å². The first-order valence-electron chi connectivity index (χ1n) is 3.05. The smallest absolute Gasteiger partial charge is 0.185 e. The van der Waals surface area contributed by atoms with Crippen LogP contribution in [0.4, 0.5) is 0 Å². The quantitative estimate of drug-likeness (QED) is 0.598. The van der Waals surface area contributed by atoms with Crippen molar-refractivity contribution in [3.8, 4) is 0 Å². The zero-order valence-corrected chi connectivity index (χ0v) is 6.75. The maximum absolute atomic E-state index is 10.3. The summed E-state index contributed by atoms with van der Waals surface area (Å²) in [6.07, 6.45) is 1.07. The number of carbonyl (C=O) groups excluding carboxylic acids is 1. The molecule has 0 saturated heterocycles. The number of thioether (sulfide) groups is 1. The van der Waals surface area contributed by atoms with Crippen LogP contribution in [0.15, 0.2) is 0 Å². The number of rotatable bonds is 4. The molecule has 0 unspecified atom stereocenters. The molecule has 2 nitrogen and oxygen atoms in total. The molecule has 0 radical (unpaired) electrons. The number of nitrogens with one attached hydrogen (secondary N) is 1. The summed E-state index contributed by atoms with van der Waals surface area (Å²) in [6.45, 7) is 2.60. The van der Waals surface area contributed by atoms with E-state index in [1.807, 2.05) is 7.05 Å². The lowest BCUT2D eigenvalue weighted by Crippen LogP contribution is -2.08. The summed E-state index contributed by atoms with van der Waals surface area (Å²) in [5.74, 6) is 0.941. The van der Waals surface area contributed by atoms with Crippen molar-refractivity contribution < 1.29 is 4.79 Å². The van der Waals surface area contributed by atoms with Crippen LogP contribution < -0.4 is 5.32 Å². The molecule has 0 amide bonds. The van der Waals surface area contributed by atoms with E-state index >= 15 is 0 Å². The van der Waals surface area contributed by atoms with Crippen molar-refractivity contribution >= 4 is 16.9 Å². The Balaban J connectivity index is 2.83. The van der Waals surface area contributed by atoms with Gasteiger partial charge in [-0.15, -0.1) is 0 Å². The third-order valence-corrected chi connectivity index (χ3v) is 1.78. The Kier molecular flexibility index (Phi) is 6.09. The van der Waals surface area contributed by atoms with Gasteiger partial charge in [0.05, 0.1) is 0 Å². The summed E-state index contributed by atoms with van der Waals surface area (Å²) < 4.78 is 0. The van der Waals surface area contributed by atoms with Crippen LogP contribution in [0.2, 0.25) is 0 Å². The largest absolute Gasteiger partial charge is 0.320 e. The summed E-state index contributed by atoms with van der Waals surface area (Å²) in [5, 5.41) is 3.23. The molecule has 0 heterocycles. The van der Waals surface area contributed by atoms with E-state index in [9.17, 15) is 4.79 Å². The minimum atomic E-state index is 0.214. The highest BCUT2D eigenvalue weighted by Gasteiger charge is 1.91. The fourth-order valence-corrected chi connectivity index (χ4v) is 1.04. The first-order chi connectivity index (χ1) is 4.27. The zero-order valence-electron chi connectivity index (χ0n) is 5.94. The van der Waals surface area contributed by atoms with Gasteiger partial charge in [-0.1, -0.05) is 11.8 Å². The Hall–Kier alpha value is -0.0200. The Morgan fingerprint density at radius 3 is 2.78 bits per heavy atom. The molecule has 0 aliphatic heterocycles. The van der Waals surface area contributed by atoms with Gasteiger partial charge in [0.25, 0.3) is 0 Å². The SMILES string of the molecule is CNCCCSC(C)=O. The topological polar surface area (TPSA) is 29.1 Å². The highest BCUT2D eigenvalue weighted by molar-refractivity contribution is 8.13. The van der Waals surface area contributed by atoms with Crippen LogP contribution in [0, 0.1) is 0 Å². The lowest BCUT2D eigenvalue weighted by molar-refractivity contribution is -0.109. The van der Waals surface area contributed by atoms with Crippen LogP contribution in [0.25, 0.3) is 0 Å². The number of hydrogen-bond donors (Lipinski definition) is 1. The first kappa shape index (κ1) is 8.98. The Morgan fingerprint density at radius 2 is 2.33 bits per heavy atom. The third kappa shape index (κ3) is 7.98. The van der Waals surface area contributed by atoms with Gasteiger partial charge in [0, 0.05) is 12.7 Å². The van der Waals surface area contributed by atoms with Crippen molar-refractivity contribution in [2.24, 2.45) is 0 Å². The molecule has 0 aromatic heterocycles. The molecule has 0 aliphatic carbocycles. The fourth-order valence-electron chi connectivity index (χ4n) is 0.465. The molecule has 3 heteroatoms. The van der Waals surface area contributed by atoms with Crippen molar-refractivity contribution in [3.63, 3.8) is 0 Å². The molecule has 0 saturated carbocycles. The molecule has 54 valence electrons. The zero-order chi connectivity index (χ0) is 7.11. The summed E-state index contributed by atoms with van der Waals surface area (Å²) >= 11 is 1.39. The average Bonchev–Trinajstić information content (AvgIpc) is 1.80. The van der Waals surface area contributed by atoms with Crippen molar-refractivity contribution in [2.45, 2.75) is 13.3 Å². The maximum Gasteiger partial charge on any atom is 0.185 e. The van der Waals surface area contributed by atoms with Crippen molar-refractivity contribution in [2.75, 3.05) is 19.3 Å². The first-order valence-corrected chi connectivity index (χ1v) is 4.04. The van der Waals surface area contributed by atoms with Gasteiger partial charge >= 0.3 is 0 Å². The lowest BCUT2D eigenvalue weighted by atomic mass is 10.5. The van der Waals surface area contributed by atoms with E-state index in [2.05, 4.69) is 5.32 Å². The molecule has 0 bridgehead atoms. The van der Waals surface area contributed by atoms with Gasteiger partial charge in [-0.2, -0.15) is 0 Å². The van der Waals surface area contributed by atoms with Crippen LogP contribution in [-0.4, -0.2) is 24.5 Å². The average molecular weight is 147 g/mol. The molecule has 0 spiro atoms. The lowest BCUT2D eigenvalue weighted by Gasteiger charge is -1.95. The summed E-state index contributed by atoms with van der Waals surface area (Å²) in [5.41, 5.74) is 0. The van der Waals surface area contributed by atoms with E-state index in [0.717, 1.165) is 18.7 Å². The predicted octanol–water partition coefficient (Wildman–Crippen LogP) is 0.876. The van der Waals surface area contributed by atoms with E-state index in [1.54, 1.807) is 6.92 Å². The van der Waals surface area contributed by atoms with Crippen LogP contribution >= 0.6 is 11.8 Å². The summed E-state index contributed by atoms with van der Waals surface area (Å²) in [7, 11) is 1.92. The fraction of sp³-hybridized carbons (Fsp3) is 0.833. The Bertz CT molecular complexity index is 85.1. The second kappa shape index (κ2) is 6.11. The van der Waals surface area contributed by atoms with Gasteiger partial charge < -0.3 is 5.32 Å². The molecule has 0 aromatic rings. The van der Waals surface area contributed by atoms with Crippen molar-refractivity contribution in [1.29, 1.82) is 0 Å². The van der Waals surface area contributed by atoms with Gasteiger partial charge in [0.15, 0.2) is 5.12 Å². The maximum atomic E-state index is 10.3. The Labute approximate surface area is 60.4 Å². The van der Waals surface area contributed by atoms with E-state index < -0.39 is 0 Å². The number of hydrogen-bond acceptors (Lipinski definition) is 3. The molecule has 1 N–H and O–H groups in total. The summed E-state index contributed by atoms with van der Waals surface area (Å²) in [6, 6.07) is 0. The minimum absolute atomic E-state index is 0.214. The second-order valence-electron chi connectivity index (χ2n) is 1.80. The normalized spacial score (nSPS) is 9.56. The van der Waals surface area contributed by atoms with E-state index in [4.69, 9.17) is 0 Å². The number of carbonyl (C=O) groups is 1. The minimum Gasteiger partial charge on any atom is -0.320 e. The molecular formula is C6H13NOS. The predicted molar refractivity (Wildman–Crippen MR) is 41.7 cm³/mol. The van der Waals surface area contributed by atoms with Gasteiger partial charge in [-0.3, -0.25) is 4.79 Å². The second-order valence-corrected chi connectivity index (χ2v) is 3.07. The van der Waals surface area contributed by atoms with Crippen molar-refractivity contribution in [3.05, 3.63) is 0 Å². The Morgan fingerprint density at radius 1 is 1.67 bits per heavy atom. The van der Waals surface area contributed by atoms with Crippen LogP contribution in [-0.2, 0) is 4.79 Å². The molecule has 0 atom stereocenters. The van der Waals surface area contributed by atoms with Crippen LogP contribution in [0.1, 0.15) is 13.3 Å². The highest BCUT2D eigenvalue weighted by atomic mass is 32.2. The molecular weight excluding hydrogens is 134 g/mol. The molecule has 0 rings (SSSR count). The van der Waals surface area contributed by atoms with E-state index in [0.29, 0.717) is 0 Å². The standard InChI is InChI=1S/C6H13NOS/c1-6(8)9-5-3-4-7-2/h7H,3-5H2,1-2H3. The van der Waals surface area contributed by atoms with E-state index in [-0.39, 0.29) is 5.12 Å².